The van der Waals surface area contributed by atoms with Crippen LogP contribution in [0.15, 0.2) is 24.3 Å². The molecule has 3 rings (SSSR count). The number of carbonyl (C=O) groups excluding carboxylic acids is 2. The maximum atomic E-state index is 12.9. The van der Waals surface area contributed by atoms with Crippen molar-refractivity contribution in [2.45, 2.75) is 52.0 Å². The Bertz CT molecular complexity index is 855. The lowest BCUT2D eigenvalue weighted by Gasteiger charge is -2.17. The SMILES string of the molecule is CCCCCNC(=O)c1nc(C(=O)Nc2ccc(N(C)C)cc2)c2n1CCCC2. The molecule has 0 saturated heterocycles. The van der Waals surface area contributed by atoms with E-state index in [0.717, 1.165) is 56.5 Å². The van der Waals surface area contributed by atoms with Gasteiger partial charge in [-0.05, 0) is 49.9 Å². The van der Waals surface area contributed by atoms with E-state index in [4.69, 9.17) is 0 Å². The number of benzene rings is 1. The molecule has 2 N–H and O–H groups in total. The molecule has 29 heavy (non-hydrogen) atoms. The molecule has 2 amide bonds. The predicted octanol–water partition coefficient (Wildman–Crippen LogP) is 3.46. The van der Waals surface area contributed by atoms with Gasteiger partial charge in [0, 0.05) is 38.6 Å². The molecule has 7 heteroatoms. The second-order valence-electron chi connectivity index (χ2n) is 7.70. The fourth-order valence-corrected chi connectivity index (χ4v) is 3.59. The van der Waals surface area contributed by atoms with Gasteiger partial charge in [0.2, 0.25) is 0 Å². The molecule has 1 aromatic carbocycles. The van der Waals surface area contributed by atoms with Gasteiger partial charge in [0.25, 0.3) is 11.8 Å². The van der Waals surface area contributed by atoms with Crippen LogP contribution < -0.4 is 15.5 Å². The molecule has 7 nitrogen and oxygen atoms in total. The van der Waals surface area contributed by atoms with Crippen molar-refractivity contribution in [1.82, 2.24) is 14.9 Å². The molecule has 156 valence electrons. The van der Waals surface area contributed by atoms with E-state index in [0.29, 0.717) is 23.8 Å². The molecule has 1 aromatic heterocycles. The number of hydrogen-bond donors (Lipinski definition) is 2. The van der Waals surface area contributed by atoms with Gasteiger partial charge in [-0.2, -0.15) is 0 Å². The number of imidazole rings is 1. The molecule has 0 atom stereocenters. The highest BCUT2D eigenvalue weighted by molar-refractivity contribution is 6.05. The molecule has 1 aliphatic rings. The molecule has 0 bridgehead atoms. The Morgan fingerprint density at radius 3 is 2.55 bits per heavy atom. The number of anilines is 2. The first-order valence-corrected chi connectivity index (χ1v) is 10.5. The zero-order valence-corrected chi connectivity index (χ0v) is 17.6. The number of aromatic nitrogens is 2. The number of hydrogen-bond acceptors (Lipinski definition) is 4. The van der Waals surface area contributed by atoms with Crippen LogP contribution >= 0.6 is 0 Å². The van der Waals surface area contributed by atoms with Gasteiger partial charge in [-0.15, -0.1) is 0 Å². The topological polar surface area (TPSA) is 79.3 Å². The van der Waals surface area contributed by atoms with Crippen LogP contribution in [0.25, 0.3) is 0 Å². The first-order valence-electron chi connectivity index (χ1n) is 10.5. The van der Waals surface area contributed by atoms with Crippen LogP contribution in [0.5, 0.6) is 0 Å². The number of nitrogens with one attached hydrogen (secondary N) is 2. The van der Waals surface area contributed by atoms with Crippen molar-refractivity contribution in [2.75, 3.05) is 30.9 Å². The van der Waals surface area contributed by atoms with Gasteiger partial charge in [-0.1, -0.05) is 19.8 Å². The highest BCUT2D eigenvalue weighted by Crippen LogP contribution is 2.23. The second kappa shape index (κ2) is 9.58. The molecule has 0 spiro atoms. The summed E-state index contributed by atoms with van der Waals surface area (Å²) in [5, 5.41) is 5.87. The maximum absolute atomic E-state index is 12.9. The van der Waals surface area contributed by atoms with Gasteiger partial charge in [0.05, 0.1) is 5.69 Å². The maximum Gasteiger partial charge on any atom is 0.287 e. The summed E-state index contributed by atoms with van der Waals surface area (Å²) in [6.07, 6.45) is 5.90. The smallest absolute Gasteiger partial charge is 0.287 e. The molecular formula is C22H31N5O2. The zero-order chi connectivity index (χ0) is 20.8. The van der Waals surface area contributed by atoms with Crippen LogP contribution in [0.2, 0.25) is 0 Å². The van der Waals surface area contributed by atoms with Gasteiger partial charge in [-0.3, -0.25) is 9.59 Å². The van der Waals surface area contributed by atoms with E-state index in [2.05, 4.69) is 22.5 Å². The normalized spacial score (nSPS) is 12.9. The first kappa shape index (κ1) is 20.9. The summed E-state index contributed by atoms with van der Waals surface area (Å²) < 4.78 is 1.92. The van der Waals surface area contributed by atoms with Gasteiger partial charge in [-0.25, -0.2) is 4.98 Å². The third kappa shape index (κ3) is 4.96. The Morgan fingerprint density at radius 1 is 1.10 bits per heavy atom. The van der Waals surface area contributed by atoms with Crippen molar-refractivity contribution in [3.8, 4) is 0 Å². The fraction of sp³-hybridized carbons (Fsp3) is 0.500. The lowest BCUT2D eigenvalue weighted by atomic mass is 10.1. The van der Waals surface area contributed by atoms with E-state index in [-0.39, 0.29) is 11.8 Å². The summed E-state index contributed by atoms with van der Waals surface area (Å²) in [5.74, 6) is -0.110. The highest BCUT2D eigenvalue weighted by atomic mass is 16.2. The minimum atomic E-state index is -0.265. The van der Waals surface area contributed by atoms with E-state index >= 15 is 0 Å². The third-order valence-electron chi connectivity index (χ3n) is 5.24. The Kier molecular flexibility index (Phi) is 6.90. The summed E-state index contributed by atoms with van der Waals surface area (Å²) in [7, 11) is 3.94. The van der Waals surface area contributed by atoms with E-state index in [1.165, 1.54) is 0 Å². The molecule has 0 aliphatic carbocycles. The van der Waals surface area contributed by atoms with Crippen molar-refractivity contribution < 1.29 is 9.59 Å². The Labute approximate surface area is 172 Å². The number of fused-ring (bicyclic) bond motifs is 1. The van der Waals surface area contributed by atoms with Crippen LogP contribution in [-0.2, 0) is 13.0 Å². The van der Waals surface area contributed by atoms with E-state index in [1.807, 2.05) is 47.8 Å². The molecule has 0 fully saturated rings. The van der Waals surface area contributed by atoms with Gasteiger partial charge < -0.3 is 20.1 Å². The fourth-order valence-electron chi connectivity index (χ4n) is 3.59. The molecule has 0 saturated carbocycles. The van der Waals surface area contributed by atoms with Crippen molar-refractivity contribution in [3.63, 3.8) is 0 Å². The summed E-state index contributed by atoms with van der Waals surface area (Å²) in [4.78, 5) is 32.0. The van der Waals surface area contributed by atoms with Gasteiger partial charge >= 0.3 is 0 Å². The van der Waals surface area contributed by atoms with Crippen LogP contribution in [0.3, 0.4) is 0 Å². The van der Waals surface area contributed by atoms with E-state index in [1.54, 1.807) is 0 Å². The standard InChI is InChI=1S/C22H31N5O2/c1-4-5-7-14-23-22(29)20-25-19(18-9-6-8-15-27(18)20)21(28)24-16-10-12-17(13-11-16)26(2)3/h10-13H,4-9,14-15H2,1-3H3,(H,23,29)(H,24,28). The van der Waals surface area contributed by atoms with Gasteiger partial charge in [0.15, 0.2) is 11.5 Å². The Balaban J connectivity index is 1.77. The summed E-state index contributed by atoms with van der Waals surface area (Å²) in [5.41, 5.74) is 2.99. The summed E-state index contributed by atoms with van der Waals surface area (Å²) in [6, 6.07) is 7.65. The average Bonchev–Trinajstić information content (AvgIpc) is 3.11. The molecule has 0 unspecified atom stereocenters. The third-order valence-corrected chi connectivity index (χ3v) is 5.24. The minimum Gasteiger partial charge on any atom is -0.378 e. The lowest BCUT2D eigenvalue weighted by Crippen LogP contribution is -2.28. The van der Waals surface area contributed by atoms with Crippen LogP contribution in [0, 0.1) is 0 Å². The van der Waals surface area contributed by atoms with Crippen molar-refractivity contribution >= 4 is 23.2 Å². The number of carbonyl (C=O) groups is 2. The second-order valence-corrected chi connectivity index (χ2v) is 7.70. The molecule has 2 heterocycles. The zero-order valence-electron chi connectivity index (χ0n) is 17.6. The lowest BCUT2D eigenvalue weighted by molar-refractivity contribution is 0.0937. The largest absolute Gasteiger partial charge is 0.378 e. The molecule has 1 aliphatic heterocycles. The quantitative estimate of drug-likeness (QED) is 0.669. The molecule has 2 aromatic rings. The van der Waals surface area contributed by atoms with Crippen molar-refractivity contribution in [3.05, 3.63) is 41.5 Å². The number of unbranched alkanes of at least 4 members (excludes halogenated alkanes) is 2. The van der Waals surface area contributed by atoms with Crippen LogP contribution in [0.1, 0.15) is 65.8 Å². The predicted molar refractivity (Wildman–Crippen MR) is 116 cm³/mol. The number of amides is 2. The Hall–Kier alpha value is -2.83. The number of nitrogens with zero attached hydrogens (tertiary/aromatic N) is 3. The molecular weight excluding hydrogens is 366 g/mol. The van der Waals surface area contributed by atoms with Crippen LogP contribution in [0.4, 0.5) is 11.4 Å². The Morgan fingerprint density at radius 2 is 1.86 bits per heavy atom. The van der Waals surface area contributed by atoms with Gasteiger partial charge in [0.1, 0.15) is 0 Å². The monoisotopic (exact) mass is 397 g/mol. The van der Waals surface area contributed by atoms with Crippen molar-refractivity contribution in [2.24, 2.45) is 0 Å². The van der Waals surface area contributed by atoms with Crippen LogP contribution in [-0.4, -0.2) is 42.0 Å². The van der Waals surface area contributed by atoms with E-state index in [9.17, 15) is 9.59 Å². The highest BCUT2D eigenvalue weighted by Gasteiger charge is 2.27. The minimum absolute atomic E-state index is 0.196. The first-order chi connectivity index (χ1) is 14.0. The average molecular weight is 398 g/mol. The van der Waals surface area contributed by atoms with E-state index < -0.39 is 0 Å². The summed E-state index contributed by atoms with van der Waals surface area (Å²) >= 11 is 0. The summed E-state index contributed by atoms with van der Waals surface area (Å²) in [6.45, 7) is 3.49. The molecule has 0 radical (unpaired) electrons. The van der Waals surface area contributed by atoms with Crippen molar-refractivity contribution in [1.29, 1.82) is 0 Å². The number of rotatable bonds is 8.